The zero-order chi connectivity index (χ0) is 28.9. The summed E-state index contributed by atoms with van der Waals surface area (Å²) in [5.41, 5.74) is 6.23. The van der Waals surface area contributed by atoms with E-state index in [0.29, 0.717) is 35.6 Å². The molecule has 0 fully saturated rings. The van der Waals surface area contributed by atoms with Crippen LogP contribution in [-0.4, -0.2) is 31.1 Å². The molecule has 2 N–H and O–H groups in total. The molecular formula is C31H24N4O6. The number of hydrogen-bond donors (Lipinski definition) is 2. The summed E-state index contributed by atoms with van der Waals surface area (Å²) in [6.07, 6.45) is 2.80. The summed E-state index contributed by atoms with van der Waals surface area (Å²) >= 11 is 0. The van der Waals surface area contributed by atoms with E-state index >= 15 is 0 Å². The molecule has 4 aromatic carbocycles. The van der Waals surface area contributed by atoms with E-state index in [9.17, 15) is 19.2 Å². The van der Waals surface area contributed by atoms with Gasteiger partial charge in [0.1, 0.15) is 0 Å². The van der Waals surface area contributed by atoms with Gasteiger partial charge in [-0.15, -0.1) is 0 Å². The lowest BCUT2D eigenvalue weighted by molar-refractivity contribution is 0.0369. The average molecular weight is 549 g/mol. The average Bonchev–Trinajstić information content (AvgIpc) is 2.97. The van der Waals surface area contributed by atoms with Crippen molar-refractivity contribution in [3.63, 3.8) is 0 Å². The number of amides is 2. The van der Waals surface area contributed by atoms with Crippen LogP contribution in [0.25, 0.3) is 0 Å². The largest absolute Gasteiger partial charge is 0.414 e. The van der Waals surface area contributed by atoms with Crippen molar-refractivity contribution < 1.29 is 28.7 Å². The number of carbonyl (C=O) groups excluding carboxylic acids is 4. The molecule has 4 rings (SSSR count). The summed E-state index contributed by atoms with van der Waals surface area (Å²) in [4.78, 5) is 51.9. The molecule has 0 aliphatic rings. The molecule has 4 aromatic rings. The first-order chi connectivity index (χ1) is 20.0. The fraction of sp³-hybridized carbons (Fsp3) is 0.0968. The topological polar surface area (TPSA) is 136 Å². The van der Waals surface area contributed by atoms with Crippen LogP contribution >= 0.6 is 0 Å². The Morgan fingerprint density at radius 1 is 0.537 bits per heavy atom. The number of benzene rings is 4. The van der Waals surface area contributed by atoms with Crippen LogP contribution in [0.4, 0.5) is 32.3 Å². The van der Waals surface area contributed by atoms with Gasteiger partial charge in [0.2, 0.25) is 19.0 Å². The van der Waals surface area contributed by atoms with Gasteiger partial charge in [0.15, 0.2) is 0 Å². The maximum absolute atomic E-state index is 12.0. The van der Waals surface area contributed by atoms with Crippen molar-refractivity contribution in [1.29, 1.82) is 0 Å². The molecule has 0 atom stereocenters. The van der Waals surface area contributed by atoms with E-state index < -0.39 is 19.0 Å². The van der Waals surface area contributed by atoms with Crippen molar-refractivity contribution in [2.75, 3.05) is 17.4 Å². The monoisotopic (exact) mass is 548 g/mol. The molecular weight excluding hydrogens is 524 g/mol. The van der Waals surface area contributed by atoms with Crippen molar-refractivity contribution in [1.82, 2.24) is 0 Å². The van der Waals surface area contributed by atoms with E-state index in [0.717, 1.165) is 22.3 Å². The summed E-state index contributed by atoms with van der Waals surface area (Å²) in [6.45, 7) is -0.567. The summed E-state index contributed by atoms with van der Waals surface area (Å²) < 4.78 is 9.85. The van der Waals surface area contributed by atoms with Crippen molar-refractivity contribution in [3.05, 3.63) is 119 Å². The number of nitrogens with zero attached hydrogens (tertiary/aromatic N) is 2. The SMILES string of the molecule is O=C=Nc1ccc(Cc2ccc(NC(=O)OCOC(=O)Nc3ccc(Cc4ccc(N=C=O)cc4)cc3)cc2)cc1. The highest BCUT2D eigenvalue weighted by Crippen LogP contribution is 2.19. The molecule has 10 heteroatoms. The van der Waals surface area contributed by atoms with E-state index in [1.54, 1.807) is 48.5 Å². The molecule has 0 spiro atoms. The molecule has 0 saturated heterocycles. The lowest BCUT2D eigenvalue weighted by atomic mass is 10.0. The number of anilines is 2. The minimum Gasteiger partial charge on any atom is -0.411 e. The van der Waals surface area contributed by atoms with Gasteiger partial charge in [-0.05, 0) is 83.6 Å². The first-order valence-electron chi connectivity index (χ1n) is 12.4. The first-order valence-corrected chi connectivity index (χ1v) is 12.4. The van der Waals surface area contributed by atoms with Crippen LogP contribution in [0.15, 0.2) is 107 Å². The predicted molar refractivity (Wildman–Crippen MR) is 152 cm³/mol. The van der Waals surface area contributed by atoms with Gasteiger partial charge in [-0.25, -0.2) is 19.2 Å². The fourth-order valence-corrected chi connectivity index (χ4v) is 3.81. The third-order valence-electron chi connectivity index (χ3n) is 5.82. The molecule has 41 heavy (non-hydrogen) atoms. The predicted octanol–water partition coefficient (Wildman–Crippen LogP) is 6.56. The Balaban J connectivity index is 1.16. The van der Waals surface area contributed by atoms with E-state index in [1.807, 2.05) is 48.5 Å². The lowest BCUT2D eigenvalue weighted by Gasteiger charge is -2.10. The second-order valence-electron chi connectivity index (χ2n) is 8.72. The Morgan fingerprint density at radius 3 is 1.17 bits per heavy atom. The number of carbonyl (C=O) groups is 2. The zero-order valence-electron chi connectivity index (χ0n) is 21.7. The van der Waals surface area contributed by atoms with Gasteiger partial charge in [-0.1, -0.05) is 48.5 Å². The van der Waals surface area contributed by atoms with Crippen LogP contribution in [0.5, 0.6) is 0 Å². The van der Waals surface area contributed by atoms with Crippen LogP contribution in [0.2, 0.25) is 0 Å². The molecule has 0 saturated carbocycles. The molecule has 0 unspecified atom stereocenters. The Hall–Kier alpha value is -5.82. The number of rotatable bonds is 10. The Morgan fingerprint density at radius 2 is 0.854 bits per heavy atom. The molecule has 0 aliphatic heterocycles. The van der Waals surface area contributed by atoms with E-state index in [1.165, 1.54) is 12.2 Å². The van der Waals surface area contributed by atoms with Crippen LogP contribution in [-0.2, 0) is 31.9 Å². The zero-order valence-corrected chi connectivity index (χ0v) is 21.7. The van der Waals surface area contributed by atoms with Gasteiger partial charge in [-0.3, -0.25) is 10.6 Å². The van der Waals surface area contributed by atoms with E-state index in [2.05, 4.69) is 20.6 Å². The fourth-order valence-electron chi connectivity index (χ4n) is 3.81. The summed E-state index contributed by atoms with van der Waals surface area (Å²) in [6, 6.07) is 28.8. The van der Waals surface area contributed by atoms with E-state index in [4.69, 9.17) is 9.47 Å². The van der Waals surface area contributed by atoms with Gasteiger partial charge >= 0.3 is 12.2 Å². The maximum Gasteiger partial charge on any atom is 0.414 e. The molecule has 0 radical (unpaired) electrons. The van der Waals surface area contributed by atoms with Crippen molar-refractivity contribution in [2.45, 2.75) is 12.8 Å². The number of isocyanates is 2. The molecule has 10 nitrogen and oxygen atoms in total. The minimum absolute atomic E-state index is 0.518. The molecule has 0 bridgehead atoms. The van der Waals surface area contributed by atoms with Crippen LogP contribution in [0, 0.1) is 0 Å². The van der Waals surface area contributed by atoms with Gasteiger partial charge < -0.3 is 9.47 Å². The van der Waals surface area contributed by atoms with Crippen LogP contribution in [0.1, 0.15) is 22.3 Å². The van der Waals surface area contributed by atoms with Crippen LogP contribution < -0.4 is 10.6 Å². The van der Waals surface area contributed by atoms with Crippen LogP contribution in [0.3, 0.4) is 0 Å². The van der Waals surface area contributed by atoms with E-state index in [-0.39, 0.29) is 0 Å². The van der Waals surface area contributed by atoms with Crippen molar-refractivity contribution in [2.24, 2.45) is 9.98 Å². The number of nitrogens with one attached hydrogen (secondary N) is 2. The van der Waals surface area contributed by atoms with Gasteiger partial charge in [0, 0.05) is 11.4 Å². The summed E-state index contributed by atoms with van der Waals surface area (Å²) in [7, 11) is 0. The van der Waals surface area contributed by atoms with Crippen molar-refractivity contribution in [3.8, 4) is 0 Å². The highest BCUT2D eigenvalue weighted by molar-refractivity contribution is 5.86. The summed E-state index contributed by atoms with van der Waals surface area (Å²) in [5.74, 6) is 0. The summed E-state index contributed by atoms with van der Waals surface area (Å²) in [5, 5.41) is 5.14. The quantitative estimate of drug-likeness (QED) is 0.131. The number of aliphatic imine (C=N–C) groups is 2. The van der Waals surface area contributed by atoms with Gasteiger partial charge in [0.25, 0.3) is 0 Å². The van der Waals surface area contributed by atoms with Gasteiger partial charge in [-0.2, -0.15) is 9.98 Å². The molecule has 0 aromatic heterocycles. The molecule has 204 valence electrons. The third kappa shape index (κ3) is 9.15. The third-order valence-corrected chi connectivity index (χ3v) is 5.82. The Bertz CT molecular complexity index is 1450. The maximum atomic E-state index is 12.0. The second kappa shape index (κ2) is 14.4. The Labute approximate surface area is 235 Å². The first kappa shape index (κ1) is 28.2. The number of hydrogen-bond acceptors (Lipinski definition) is 8. The smallest absolute Gasteiger partial charge is 0.411 e. The molecule has 0 aliphatic carbocycles. The molecule has 2 amide bonds. The highest BCUT2D eigenvalue weighted by Gasteiger charge is 2.08. The second-order valence-corrected chi connectivity index (χ2v) is 8.72. The highest BCUT2D eigenvalue weighted by atomic mass is 16.7. The standard InChI is InChI=1S/C31H24N4O6/c36-19-32-26-9-1-22(2-10-26)17-24-5-13-28(14-6-24)34-30(38)40-21-41-31(39)35-29-15-7-25(8-16-29)18-23-3-11-27(12-4-23)33-20-37/h1-16H,17-18,21H2,(H,34,38)(H,35,39). The lowest BCUT2D eigenvalue weighted by Crippen LogP contribution is -2.20. The number of ether oxygens (including phenoxy) is 2. The van der Waals surface area contributed by atoms with Gasteiger partial charge in [0.05, 0.1) is 11.4 Å². The molecule has 0 heterocycles. The minimum atomic E-state index is -0.771. The Kier molecular flexibility index (Phi) is 9.88. The van der Waals surface area contributed by atoms with Crippen molar-refractivity contribution >= 4 is 47.1 Å². The normalized spacial score (nSPS) is 9.95.